The zero-order valence-corrected chi connectivity index (χ0v) is 6.20. The Morgan fingerprint density at radius 3 is 2.50 bits per heavy atom. The van der Waals surface area contributed by atoms with Crippen molar-refractivity contribution in [1.29, 1.82) is 0 Å². The minimum atomic E-state index is -0.467. The van der Waals surface area contributed by atoms with E-state index in [-0.39, 0.29) is 11.7 Å². The Bertz CT molecular complexity index is 131. The molecular weight excluding hydrogens is 132 g/mol. The van der Waals surface area contributed by atoms with Gasteiger partial charge in [-0.2, -0.15) is 0 Å². The molecular formula is C7H12O3. The van der Waals surface area contributed by atoms with Crippen LogP contribution >= 0.6 is 0 Å². The molecule has 0 aliphatic rings. The summed E-state index contributed by atoms with van der Waals surface area (Å²) in [6, 6.07) is 0. The van der Waals surface area contributed by atoms with Crippen molar-refractivity contribution in [2.24, 2.45) is 5.92 Å². The summed E-state index contributed by atoms with van der Waals surface area (Å²) in [4.78, 5) is 14.8. The van der Waals surface area contributed by atoms with E-state index in [9.17, 15) is 4.79 Å². The number of carbonyl (C=O) groups is 1. The van der Waals surface area contributed by atoms with Gasteiger partial charge < -0.3 is 0 Å². The first-order chi connectivity index (χ1) is 4.63. The first kappa shape index (κ1) is 9.33. The molecule has 1 N–H and O–H groups in total. The second-order valence-electron chi connectivity index (χ2n) is 2.21. The Balaban J connectivity index is 3.93. The zero-order valence-electron chi connectivity index (χ0n) is 6.20. The molecule has 0 amide bonds. The van der Waals surface area contributed by atoms with Crippen LogP contribution in [-0.2, 0) is 9.68 Å². The summed E-state index contributed by atoms with van der Waals surface area (Å²) in [5.74, 6) is -0.455. The maximum absolute atomic E-state index is 10.8. The van der Waals surface area contributed by atoms with Gasteiger partial charge >= 0.3 is 0 Å². The van der Waals surface area contributed by atoms with Gasteiger partial charge in [0.05, 0.1) is 6.10 Å². The van der Waals surface area contributed by atoms with Crippen LogP contribution in [0.1, 0.15) is 13.8 Å². The van der Waals surface area contributed by atoms with E-state index < -0.39 is 6.10 Å². The third-order valence-electron chi connectivity index (χ3n) is 1.52. The molecule has 0 spiro atoms. The molecule has 0 rings (SSSR count). The maximum Gasteiger partial charge on any atom is 0.160 e. The molecule has 3 heteroatoms. The topological polar surface area (TPSA) is 46.5 Å². The summed E-state index contributed by atoms with van der Waals surface area (Å²) < 4.78 is 0. The number of rotatable bonds is 4. The molecule has 0 fully saturated rings. The predicted molar refractivity (Wildman–Crippen MR) is 37.5 cm³/mol. The molecule has 0 aromatic rings. The highest BCUT2D eigenvalue weighted by Crippen LogP contribution is 2.06. The molecule has 0 aliphatic heterocycles. The summed E-state index contributed by atoms with van der Waals surface area (Å²) in [6.07, 6.45) is 0.755. The van der Waals surface area contributed by atoms with Crippen LogP contribution < -0.4 is 0 Å². The monoisotopic (exact) mass is 144 g/mol. The van der Waals surface area contributed by atoms with Crippen molar-refractivity contribution in [1.82, 2.24) is 0 Å². The fourth-order valence-corrected chi connectivity index (χ4v) is 0.509. The van der Waals surface area contributed by atoms with Crippen LogP contribution in [0.3, 0.4) is 0 Å². The first-order valence-corrected chi connectivity index (χ1v) is 3.10. The van der Waals surface area contributed by atoms with Crippen molar-refractivity contribution in [2.45, 2.75) is 20.0 Å². The fraction of sp³-hybridized carbons (Fsp3) is 0.571. The average molecular weight is 144 g/mol. The molecule has 10 heavy (non-hydrogen) atoms. The molecule has 0 saturated carbocycles. The van der Waals surface area contributed by atoms with Gasteiger partial charge in [0.1, 0.15) is 0 Å². The zero-order chi connectivity index (χ0) is 8.15. The Hall–Kier alpha value is -0.670. The van der Waals surface area contributed by atoms with E-state index in [1.807, 2.05) is 0 Å². The Labute approximate surface area is 60.2 Å². The molecule has 0 bridgehead atoms. The van der Waals surface area contributed by atoms with Crippen LogP contribution in [0.5, 0.6) is 0 Å². The van der Waals surface area contributed by atoms with E-state index in [1.54, 1.807) is 13.8 Å². The Morgan fingerprint density at radius 1 is 1.70 bits per heavy atom. The van der Waals surface area contributed by atoms with Crippen LogP contribution in [0.25, 0.3) is 0 Å². The maximum atomic E-state index is 10.8. The normalized spacial score (nSPS) is 15.9. The lowest BCUT2D eigenvalue weighted by Crippen LogP contribution is -2.23. The van der Waals surface area contributed by atoms with Crippen LogP contribution in [-0.4, -0.2) is 17.1 Å². The third kappa shape index (κ3) is 2.29. The number of hydrogen-bond donors (Lipinski definition) is 1. The largest absolute Gasteiger partial charge is 0.294 e. The molecule has 0 aromatic carbocycles. The summed E-state index contributed by atoms with van der Waals surface area (Å²) >= 11 is 0. The molecule has 0 saturated heterocycles. The molecule has 0 radical (unpaired) electrons. The fourth-order valence-electron chi connectivity index (χ4n) is 0.509. The van der Waals surface area contributed by atoms with Crippen LogP contribution in [0.2, 0.25) is 0 Å². The quantitative estimate of drug-likeness (QED) is 0.367. The second kappa shape index (κ2) is 4.19. The standard InChI is InChI=1S/C7H12O3/c1-4-7(8)5(2)6(3)10-9/h4-6,9H,1H2,2-3H3. The molecule has 2 unspecified atom stereocenters. The van der Waals surface area contributed by atoms with Gasteiger partial charge in [0.25, 0.3) is 0 Å². The van der Waals surface area contributed by atoms with E-state index in [4.69, 9.17) is 5.26 Å². The van der Waals surface area contributed by atoms with Crippen molar-refractivity contribution < 1.29 is 14.9 Å². The van der Waals surface area contributed by atoms with Gasteiger partial charge in [-0.1, -0.05) is 13.5 Å². The Kier molecular flexibility index (Phi) is 3.91. The lowest BCUT2D eigenvalue weighted by Gasteiger charge is -2.12. The second-order valence-corrected chi connectivity index (χ2v) is 2.21. The summed E-state index contributed by atoms with van der Waals surface area (Å²) in [5, 5.41) is 8.16. The van der Waals surface area contributed by atoms with Crippen molar-refractivity contribution >= 4 is 5.78 Å². The van der Waals surface area contributed by atoms with Crippen LogP contribution in [0.4, 0.5) is 0 Å². The molecule has 0 aliphatic carbocycles. The highest BCUT2D eigenvalue weighted by Gasteiger charge is 2.17. The van der Waals surface area contributed by atoms with E-state index in [0.717, 1.165) is 0 Å². The minimum Gasteiger partial charge on any atom is -0.294 e. The predicted octanol–water partition coefficient (Wildman–Crippen LogP) is 1.26. The Morgan fingerprint density at radius 2 is 2.20 bits per heavy atom. The third-order valence-corrected chi connectivity index (χ3v) is 1.52. The van der Waals surface area contributed by atoms with Crippen molar-refractivity contribution in [3.8, 4) is 0 Å². The minimum absolute atomic E-state index is 0.124. The smallest absolute Gasteiger partial charge is 0.160 e. The number of carbonyl (C=O) groups excluding carboxylic acids is 1. The van der Waals surface area contributed by atoms with Crippen LogP contribution in [0.15, 0.2) is 12.7 Å². The average Bonchev–Trinajstić information content (AvgIpc) is 2.00. The van der Waals surface area contributed by atoms with E-state index in [2.05, 4.69) is 11.5 Å². The molecule has 0 heterocycles. The summed E-state index contributed by atoms with van der Waals surface area (Å²) in [6.45, 7) is 6.60. The highest BCUT2D eigenvalue weighted by atomic mass is 17.1. The SMILES string of the molecule is C=CC(=O)C(C)C(C)OO. The van der Waals surface area contributed by atoms with Crippen molar-refractivity contribution in [2.75, 3.05) is 0 Å². The van der Waals surface area contributed by atoms with E-state index >= 15 is 0 Å². The van der Waals surface area contributed by atoms with E-state index in [1.165, 1.54) is 6.08 Å². The number of ketones is 1. The van der Waals surface area contributed by atoms with Crippen molar-refractivity contribution in [3.63, 3.8) is 0 Å². The lowest BCUT2D eigenvalue weighted by atomic mass is 10.0. The summed E-state index contributed by atoms with van der Waals surface area (Å²) in [7, 11) is 0. The highest BCUT2D eigenvalue weighted by molar-refractivity contribution is 5.91. The van der Waals surface area contributed by atoms with Crippen molar-refractivity contribution in [3.05, 3.63) is 12.7 Å². The first-order valence-electron chi connectivity index (χ1n) is 3.10. The van der Waals surface area contributed by atoms with Gasteiger partial charge in [-0.3, -0.25) is 10.1 Å². The lowest BCUT2D eigenvalue weighted by molar-refractivity contribution is -0.281. The van der Waals surface area contributed by atoms with E-state index in [0.29, 0.717) is 0 Å². The van der Waals surface area contributed by atoms with Gasteiger partial charge in [0.2, 0.25) is 0 Å². The number of allylic oxidation sites excluding steroid dienone is 1. The van der Waals surface area contributed by atoms with Gasteiger partial charge in [-0.05, 0) is 13.0 Å². The molecule has 3 nitrogen and oxygen atoms in total. The van der Waals surface area contributed by atoms with Gasteiger partial charge in [-0.15, -0.1) is 0 Å². The molecule has 0 aromatic heterocycles. The van der Waals surface area contributed by atoms with Gasteiger partial charge in [-0.25, -0.2) is 4.89 Å². The van der Waals surface area contributed by atoms with Gasteiger partial charge in [0, 0.05) is 5.92 Å². The summed E-state index contributed by atoms with van der Waals surface area (Å²) in [5.41, 5.74) is 0. The van der Waals surface area contributed by atoms with Gasteiger partial charge in [0.15, 0.2) is 5.78 Å². The number of hydrogen-bond acceptors (Lipinski definition) is 3. The van der Waals surface area contributed by atoms with Crippen LogP contribution in [0, 0.1) is 5.92 Å². The molecule has 2 atom stereocenters. The molecule has 58 valence electrons.